The highest BCUT2D eigenvalue weighted by Gasteiger charge is 2.11. The van der Waals surface area contributed by atoms with Gasteiger partial charge in [-0.05, 0) is 78.0 Å². The van der Waals surface area contributed by atoms with E-state index in [0.29, 0.717) is 26.5 Å². The third-order valence-corrected chi connectivity index (χ3v) is 5.58. The lowest BCUT2D eigenvalue weighted by atomic mass is 10.2. The van der Waals surface area contributed by atoms with Gasteiger partial charge in [0.2, 0.25) is 0 Å². The van der Waals surface area contributed by atoms with Gasteiger partial charge in [-0.2, -0.15) is 0 Å². The molecule has 0 bridgehead atoms. The molecule has 0 aliphatic carbocycles. The van der Waals surface area contributed by atoms with Crippen molar-refractivity contribution in [2.75, 3.05) is 11.9 Å². The van der Waals surface area contributed by atoms with E-state index in [1.165, 1.54) is 6.33 Å². The lowest BCUT2D eigenvalue weighted by Gasteiger charge is -2.19. The number of anilines is 2. The summed E-state index contributed by atoms with van der Waals surface area (Å²) in [7, 11) is 0. The van der Waals surface area contributed by atoms with Crippen LogP contribution in [-0.4, -0.2) is 26.4 Å². The first-order chi connectivity index (χ1) is 15.5. The fourth-order valence-corrected chi connectivity index (χ4v) is 3.45. The first-order valence-electron chi connectivity index (χ1n) is 9.66. The molecule has 0 radical (unpaired) electrons. The smallest absolute Gasteiger partial charge is 0.160 e. The van der Waals surface area contributed by atoms with Gasteiger partial charge in [-0.3, -0.25) is 0 Å². The van der Waals surface area contributed by atoms with Crippen molar-refractivity contribution in [3.05, 3.63) is 82.2 Å². The number of fused-ring (bicyclic) bond motifs is 1. The number of pyridine rings is 1. The number of allylic oxidation sites excluding steroid dienone is 2. The average molecular weight is 511 g/mol. The minimum absolute atomic E-state index is 0.363. The van der Waals surface area contributed by atoms with Crippen molar-refractivity contribution in [1.82, 2.24) is 19.9 Å². The van der Waals surface area contributed by atoms with Gasteiger partial charge in [-0.25, -0.2) is 15.0 Å². The molecular weight excluding hydrogens is 490 g/mol. The number of benzene rings is 1. The molecule has 0 saturated carbocycles. The van der Waals surface area contributed by atoms with Gasteiger partial charge in [0.15, 0.2) is 5.82 Å². The third-order valence-electron chi connectivity index (χ3n) is 4.46. The van der Waals surface area contributed by atoms with Gasteiger partial charge < -0.3 is 15.0 Å². The molecule has 0 amide bonds. The van der Waals surface area contributed by atoms with E-state index < -0.39 is 0 Å². The number of aromatic nitrogens is 3. The first-order valence-corrected chi connectivity index (χ1v) is 10.8. The molecule has 32 heavy (non-hydrogen) atoms. The summed E-state index contributed by atoms with van der Waals surface area (Å²) >= 11 is 9.52. The molecule has 3 aromatic rings. The molecule has 8 heteroatoms. The van der Waals surface area contributed by atoms with E-state index in [4.69, 9.17) is 16.3 Å². The molecule has 0 saturated heterocycles. The van der Waals surface area contributed by atoms with Crippen LogP contribution in [0.15, 0.2) is 71.5 Å². The van der Waals surface area contributed by atoms with Gasteiger partial charge in [0.05, 0.1) is 9.99 Å². The monoisotopic (exact) mass is 509 g/mol. The van der Waals surface area contributed by atoms with Crippen molar-refractivity contribution >= 4 is 50.1 Å². The highest BCUT2D eigenvalue weighted by Crippen LogP contribution is 2.30. The zero-order valence-corrected chi connectivity index (χ0v) is 19.9. The molecule has 0 fully saturated rings. The zero-order chi connectivity index (χ0) is 23.1. The van der Waals surface area contributed by atoms with E-state index in [9.17, 15) is 0 Å². The molecule has 0 atom stereocenters. The summed E-state index contributed by atoms with van der Waals surface area (Å²) < 4.78 is 6.75. The van der Waals surface area contributed by atoms with Gasteiger partial charge in [0, 0.05) is 18.4 Å². The summed E-state index contributed by atoms with van der Waals surface area (Å²) in [6.45, 7) is 4.78. The maximum atomic E-state index is 6.15. The number of terminal acetylenes is 1. The Morgan fingerprint density at radius 1 is 1.25 bits per heavy atom. The predicted octanol–water partition coefficient (Wildman–Crippen LogP) is 6.37. The van der Waals surface area contributed by atoms with E-state index >= 15 is 0 Å². The highest BCUT2D eigenvalue weighted by molar-refractivity contribution is 9.10. The number of hydrogen-bond donors (Lipinski definition) is 1. The van der Waals surface area contributed by atoms with Crippen molar-refractivity contribution in [2.24, 2.45) is 0 Å². The minimum Gasteiger partial charge on any atom is -0.457 e. The Morgan fingerprint density at radius 3 is 2.75 bits per heavy atom. The van der Waals surface area contributed by atoms with E-state index in [1.54, 1.807) is 0 Å². The van der Waals surface area contributed by atoms with E-state index in [2.05, 4.69) is 53.9 Å². The van der Waals surface area contributed by atoms with Crippen LogP contribution >= 0.6 is 27.5 Å². The molecule has 0 spiro atoms. The Hall–Kier alpha value is -3.34. The van der Waals surface area contributed by atoms with Crippen LogP contribution in [0.25, 0.3) is 11.0 Å². The summed E-state index contributed by atoms with van der Waals surface area (Å²) in [6, 6.07) is 7.70. The second-order valence-electron chi connectivity index (χ2n) is 6.66. The average Bonchev–Trinajstić information content (AvgIpc) is 2.80. The number of nitrogens with zero attached hydrogens (tertiary/aromatic N) is 4. The summed E-state index contributed by atoms with van der Waals surface area (Å²) in [5, 5.41) is 3.66. The Labute approximate surface area is 200 Å². The Kier molecular flexibility index (Phi) is 7.87. The van der Waals surface area contributed by atoms with Crippen molar-refractivity contribution in [2.45, 2.75) is 13.8 Å². The highest BCUT2D eigenvalue weighted by atomic mass is 79.9. The normalized spacial score (nSPS) is 12.9. The van der Waals surface area contributed by atoms with Crippen LogP contribution in [0.1, 0.15) is 12.5 Å². The van der Waals surface area contributed by atoms with Crippen LogP contribution in [0, 0.1) is 19.8 Å². The Morgan fingerprint density at radius 2 is 2.06 bits per heavy atom. The van der Waals surface area contributed by atoms with Crippen molar-refractivity contribution in [3.8, 4) is 18.6 Å². The van der Waals surface area contributed by atoms with Gasteiger partial charge in [-0.1, -0.05) is 17.7 Å². The summed E-state index contributed by atoms with van der Waals surface area (Å²) in [6.07, 6.45) is 19.5. The number of aryl methyl sites for hydroxylation is 1. The maximum Gasteiger partial charge on any atom is 0.160 e. The van der Waals surface area contributed by atoms with Gasteiger partial charge in [0.1, 0.15) is 28.5 Å². The predicted molar refractivity (Wildman–Crippen MR) is 134 cm³/mol. The van der Waals surface area contributed by atoms with E-state index in [-0.39, 0.29) is 0 Å². The van der Waals surface area contributed by atoms with Crippen molar-refractivity contribution in [3.63, 3.8) is 0 Å². The number of halogens is 2. The fourth-order valence-electron chi connectivity index (χ4n) is 3.01. The maximum absolute atomic E-state index is 6.15. The molecule has 1 N–H and O–H groups in total. The number of ether oxygens (including phenoxy) is 1. The Bertz CT molecular complexity index is 1240. The lowest BCUT2D eigenvalue weighted by molar-refractivity contribution is 0.422. The topological polar surface area (TPSA) is 63.2 Å². The SMILES string of the molecule is C#C.C/C=C\N1C=CC(Oc2ccc(Nc3ncnc4cc(Br)c(Cl)nc34)cc2C)=CC1. The second-order valence-corrected chi connectivity index (χ2v) is 7.87. The quantitative estimate of drug-likeness (QED) is 0.318. The molecule has 162 valence electrons. The molecule has 0 unspecified atom stereocenters. The molecular formula is C24H21BrClN5O. The standard InChI is InChI=1S/C22H19BrClN5O.C2H2/c1-3-8-29-9-6-16(7-10-29)30-19-5-4-15(11-14(19)2)27-22-20-18(25-13-26-22)12-17(23)21(24)28-20;1-2/h3-9,11-13H,10H2,1-2H3,(H,25,26,27);1-2H/b8-3-;. The van der Waals surface area contributed by atoms with E-state index in [1.807, 2.05) is 68.7 Å². The second kappa shape index (κ2) is 10.8. The number of nitrogens with one attached hydrogen (secondary N) is 1. The van der Waals surface area contributed by atoms with Crippen LogP contribution in [0.4, 0.5) is 11.5 Å². The van der Waals surface area contributed by atoms with Gasteiger partial charge in [-0.15, -0.1) is 12.8 Å². The molecule has 3 heterocycles. The van der Waals surface area contributed by atoms with E-state index in [0.717, 1.165) is 29.3 Å². The Balaban J connectivity index is 0.00000141. The van der Waals surface area contributed by atoms with Crippen LogP contribution in [-0.2, 0) is 0 Å². The largest absolute Gasteiger partial charge is 0.457 e. The van der Waals surface area contributed by atoms with Gasteiger partial charge in [0.25, 0.3) is 0 Å². The first kappa shape index (κ1) is 23.3. The molecule has 2 aromatic heterocycles. The molecule has 6 nitrogen and oxygen atoms in total. The van der Waals surface area contributed by atoms with Crippen molar-refractivity contribution < 1.29 is 4.74 Å². The zero-order valence-electron chi connectivity index (χ0n) is 17.6. The van der Waals surface area contributed by atoms with Crippen LogP contribution in [0.3, 0.4) is 0 Å². The fraction of sp³-hybridized carbons (Fsp3) is 0.125. The summed E-state index contributed by atoms with van der Waals surface area (Å²) in [5.41, 5.74) is 3.17. The molecule has 1 aliphatic heterocycles. The van der Waals surface area contributed by atoms with Gasteiger partial charge >= 0.3 is 0 Å². The van der Waals surface area contributed by atoms with Crippen LogP contribution in [0.2, 0.25) is 5.15 Å². The molecule has 1 aliphatic rings. The minimum atomic E-state index is 0.363. The summed E-state index contributed by atoms with van der Waals surface area (Å²) in [5.74, 6) is 2.21. The molecule has 1 aromatic carbocycles. The number of hydrogen-bond acceptors (Lipinski definition) is 6. The van der Waals surface area contributed by atoms with Crippen LogP contribution < -0.4 is 10.1 Å². The number of rotatable bonds is 5. The van der Waals surface area contributed by atoms with Crippen molar-refractivity contribution in [1.29, 1.82) is 0 Å². The van der Waals surface area contributed by atoms with Crippen LogP contribution in [0.5, 0.6) is 5.75 Å². The molecule has 4 rings (SSSR count). The summed E-state index contributed by atoms with van der Waals surface area (Å²) in [4.78, 5) is 15.1. The third kappa shape index (κ3) is 5.47. The lowest BCUT2D eigenvalue weighted by Crippen LogP contribution is -2.14.